The van der Waals surface area contributed by atoms with Crippen molar-refractivity contribution in [3.05, 3.63) is 59.4 Å². The number of rotatable bonds is 3. The lowest BCUT2D eigenvalue weighted by molar-refractivity contribution is 0.628. The molecule has 0 saturated heterocycles. The van der Waals surface area contributed by atoms with Crippen molar-refractivity contribution in [3.63, 3.8) is 0 Å². The largest absolute Gasteiger partial charge is 0.345 e. The summed E-state index contributed by atoms with van der Waals surface area (Å²) >= 11 is 5.84. The number of nitrogens with zero attached hydrogens (tertiary/aromatic N) is 1. The van der Waals surface area contributed by atoms with Gasteiger partial charge >= 0.3 is 0 Å². The van der Waals surface area contributed by atoms with Crippen LogP contribution in [0.2, 0.25) is 0 Å². The van der Waals surface area contributed by atoms with Gasteiger partial charge in [-0.2, -0.15) is 0 Å². The predicted molar refractivity (Wildman–Crippen MR) is 75.2 cm³/mol. The van der Waals surface area contributed by atoms with E-state index in [-0.39, 0.29) is 5.82 Å². The zero-order valence-electron chi connectivity index (χ0n) is 10.5. The number of anilines is 2. The number of aryl methyl sites for hydroxylation is 1. The van der Waals surface area contributed by atoms with Gasteiger partial charge in [0.05, 0.1) is 0 Å². The van der Waals surface area contributed by atoms with Crippen LogP contribution in [-0.2, 0) is 5.88 Å². The zero-order chi connectivity index (χ0) is 13.1. The second kappa shape index (κ2) is 5.40. The van der Waals surface area contributed by atoms with Gasteiger partial charge in [0, 0.05) is 24.3 Å². The van der Waals surface area contributed by atoms with E-state index >= 15 is 0 Å². The molecule has 18 heavy (non-hydrogen) atoms. The Labute approximate surface area is 112 Å². The molecule has 0 aliphatic rings. The number of hydrogen-bond donors (Lipinski definition) is 0. The molecule has 0 amide bonds. The molecule has 0 fully saturated rings. The molecular formula is C15H15ClFN. The molecule has 0 spiro atoms. The maximum atomic E-state index is 12.9. The Hall–Kier alpha value is -1.54. The number of hydrogen-bond acceptors (Lipinski definition) is 1. The molecule has 0 unspecified atom stereocenters. The van der Waals surface area contributed by atoms with Crippen molar-refractivity contribution in [1.29, 1.82) is 0 Å². The molecule has 0 bridgehead atoms. The van der Waals surface area contributed by atoms with E-state index in [1.54, 1.807) is 12.1 Å². The van der Waals surface area contributed by atoms with Gasteiger partial charge in [0.25, 0.3) is 0 Å². The summed E-state index contributed by atoms with van der Waals surface area (Å²) in [4.78, 5) is 2.02. The third kappa shape index (κ3) is 2.65. The van der Waals surface area contributed by atoms with E-state index in [9.17, 15) is 4.39 Å². The molecule has 2 aromatic rings. The smallest absolute Gasteiger partial charge is 0.123 e. The average molecular weight is 264 g/mol. The zero-order valence-corrected chi connectivity index (χ0v) is 11.2. The molecule has 94 valence electrons. The summed E-state index contributed by atoms with van der Waals surface area (Å²) in [6.45, 7) is 2.04. The molecule has 2 rings (SSSR count). The SMILES string of the molecule is Cc1cc(N(C)c2ccc(F)cc2)ccc1CCl. The number of alkyl halides is 1. The van der Waals surface area contributed by atoms with Gasteiger partial charge in [-0.05, 0) is 54.4 Å². The molecule has 2 aromatic carbocycles. The maximum Gasteiger partial charge on any atom is 0.123 e. The lowest BCUT2D eigenvalue weighted by Gasteiger charge is -2.20. The highest BCUT2D eigenvalue weighted by Crippen LogP contribution is 2.26. The van der Waals surface area contributed by atoms with Crippen molar-refractivity contribution in [2.45, 2.75) is 12.8 Å². The highest BCUT2D eigenvalue weighted by atomic mass is 35.5. The predicted octanol–water partition coefficient (Wildman–Crippen LogP) is 4.64. The van der Waals surface area contributed by atoms with E-state index in [0.717, 1.165) is 22.5 Å². The third-order valence-electron chi connectivity index (χ3n) is 3.07. The molecule has 0 atom stereocenters. The maximum absolute atomic E-state index is 12.9. The first-order valence-electron chi connectivity index (χ1n) is 5.76. The van der Waals surface area contributed by atoms with Gasteiger partial charge in [0.2, 0.25) is 0 Å². The normalized spacial score (nSPS) is 10.4. The highest BCUT2D eigenvalue weighted by Gasteiger charge is 2.06. The Morgan fingerprint density at radius 2 is 1.67 bits per heavy atom. The van der Waals surface area contributed by atoms with Crippen LogP contribution in [0.25, 0.3) is 0 Å². The molecule has 1 nitrogen and oxygen atoms in total. The van der Waals surface area contributed by atoms with Gasteiger partial charge in [-0.1, -0.05) is 6.07 Å². The molecule has 0 heterocycles. The lowest BCUT2D eigenvalue weighted by atomic mass is 10.1. The van der Waals surface area contributed by atoms with Crippen LogP contribution in [0.3, 0.4) is 0 Å². The third-order valence-corrected chi connectivity index (χ3v) is 3.36. The van der Waals surface area contributed by atoms with Crippen molar-refractivity contribution in [2.75, 3.05) is 11.9 Å². The summed E-state index contributed by atoms with van der Waals surface area (Å²) in [5.74, 6) is 0.299. The van der Waals surface area contributed by atoms with E-state index in [0.29, 0.717) is 5.88 Å². The fourth-order valence-corrected chi connectivity index (χ4v) is 2.15. The second-order valence-corrected chi connectivity index (χ2v) is 4.55. The minimum atomic E-state index is -0.221. The first-order chi connectivity index (χ1) is 8.61. The Morgan fingerprint density at radius 3 is 2.22 bits per heavy atom. The van der Waals surface area contributed by atoms with E-state index < -0.39 is 0 Å². The molecule has 0 N–H and O–H groups in total. The van der Waals surface area contributed by atoms with Gasteiger partial charge in [0.1, 0.15) is 5.82 Å². The molecular weight excluding hydrogens is 249 g/mol. The molecule has 0 aliphatic carbocycles. The van der Waals surface area contributed by atoms with Crippen LogP contribution in [-0.4, -0.2) is 7.05 Å². The van der Waals surface area contributed by atoms with Gasteiger partial charge < -0.3 is 4.90 Å². The average Bonchev–Trinajstić information content (AvgIpc) is 2.38. The van der Waals surface area contributed by atoms with Crippen LogP contribution < -0.4 is 4.90 Å². The highest BCUT2D eigenvalue weighted by molar-refractivity contribution is 6.17. The topological polar surface area (TPSA) is 3.24 Å². The fraction of sp³-hybridized carbons (Fsp3) is 0.200. The molecule has 0 saturated carbocycles. The van der Waals surface area contributed by atoms with Crippen molar-refractivity contribution < 1.29 is 4.39 Å². The quantitative estimate of drug-likeness (QED) is 0.729. The number of benzene rings is 2. The summed E-state index contributed by atoms with van der Waals surface area (Å²) in [6, 6.07) is 12.6. The van der Waals surface area contributed by atoms with Crippen molar-refractivity contribution in [3.8, 4) is 0 Å². The van der Waals surface area contributed by atoms with Crippen LogP contribution in [0.15, 0.2) is 42.5 Å². The van der Waals surface area contributed by atoms with Crippen molar-refractivity contribution in [1.82, 2.24) is 0 Å². The molecule has 0 aromatic heterocycles. The van der Waals surface area contributed by atoms with Gasteiger partial charge in [0.15, 0.2) is 0 Å². The summed E-state index contributed by atoms with van der Waals surface area (Å²) in [7, 11) is 1.96. The standard InChI is InChI=1S/C15H15ClFN/c1-11-9-15(6-3-12(11)10-16)18(2)14-7-4-13(17)5-8-14/h3-9H,10H2,1-2H3. The molecule has 0 aliphatic heterocycles. The van der Waals surface area contributed by atoms with E-state index in [2.05, 4.69) is 6.07 Å². The first kappa shape index (κ1) is 12.9. The lowest BCUT2D eigenvalue weighted by Crippen LogP contribution is -2.09. The van der Waals surface area contributed by atoms with Gasteiger partial charge in [-0.15, -0.1) is 11.6 Å². The van der Waals surface area contributed by atoms with Crippen LogP contribution in [0.1, 0.15) is 11.1 Å². The minimum absolute atomic E-state index is 0.221. The first-order valence-corrected chi connectivity index (χ1v) is 6.30. The van der Waals surface area contributed by atoms with E-state index in [1.807, 2.05) is 31.0 Å². The minimum Gasteiger partial charge on any atom is -0.345 e. The van der Waals surface area contributed by atoms with Crippen molar-refractivity contribution >= 4 is 23.0 Å². The summed E-state index contributed by atoms with van der Waals surface area (Å²) in [5.41, 5.74) is 4.31. The van der Waals surface area contributed by atoms with Crippen LogP contribution in [0.4, 0.5) is 15.8 Å². The van der Waals surface area contributed by atoms with Crippen LogP contribution >= 0.6 is 11.6 Å². The Morgan fingerprint density at radius 1 is 1.06 bits per heavy atom. The van der Waals surface area contributed by atoms with Gasteiger partial charge in [-0.25, -0.2) is 4.39 Å². The number of halogens is 2. The summed E-state index contributed by atoms with van der Waals surface area (Å²) in [6.07, 6.45) is 0. The summed E-state index contributed by atoms with van der Waals surface area (Å²) in [5, 5.41) is 0. The summed E-state index contributed by atoms with van der Waals surface area (Å²) < 4.78 is 12.9. The molecule has 3 heteroatoms. The Balaban J connectivity index is 2.31. The fourth-order valence-electron chi connectivity index (χ4n) is 1.85. The monoisotopic (exact) mass is 263 g/mol. The van der Waals surface area contributed by atoms with Crippen LogP contribution in [0.5, 0.6) is 0 Å². The van der Waals surface area contributed by atoms with Crippen molar-refractivity contribution in [2.24, 2.45) is 0 Å². The molecule has 0 radical (unpaired) electrons. The van der Waals surface area contributed by atoms with Gasteiger partial charge in [-0.3, -0.25) is 0 Å². The Bertz CT molecular complexity index is 537. The van der Waals surface area contributed by atoms with Crippen LogP contribution in [0, 0.1) is 12.7 Å². The Kier molecular flexibility index (Phi) is 3.87. The van der Waals surface area contributed by atoms with E-state index in [4.69, 9.17) is 11.6 Å². The second-order valence-electron chi connectivity index (χ2n) is 4.28. The van der Waals surface area contributed by atoms with E-state index in [1.165, 1.54) is 12.1 Å².